The number of anilines is 3. The van der Waals surface area contributed by atoms with E-state index < -0.39 is 6.43 Å². The molecule has 14 heteroatoms. The van der Waals surface area contributed by atoms with E-state index in [9.17, 15) is 13.6 Å². The molecule has 1 aromatic carbocycles. The van der Waals surface area contributed by atoms with Crippen LogP contribution in [0.15, 0.2) is 24.3 Å². The van der Waals surface area contributed by atoms with Gasteiger partial charge in [-0.05, 0) is 60.0 Å². The number of carbonyl (C=O) groups excluding carboxylic acids is 1. The number of methoxy groups -OCH3 is 1. The van der Waals surface area contributed by atoms with Crippen molar-refractivity contribution >= 4 is 62.7 Å². The summed E-state index contributed by atoms with van der Waals surface area (Å²) in [6.45, 7) is 1.81. The van der Waals surface area contributed by atoms with Crippen molar-refractivity contribution in [2.45, 2.75) is 26.2 Å². The molecular formula is C22H22F2IN8O2P. The largest absolute Gasteiger partial charge is 0.495 e. The molecule has 0 spiro atoms. The van der Waals surface area contributed by atoms with Gasteiger partial charge in [0.25, 0.3) is 6.43 Å². The zero-order valence-electron chi connectivity index (χ0n) is 19.5. The molecule has 188 valence electrons. The van der Waals surface area contributed by atoms with E-state index in [0.29, 0.717) is 28.8 Å². The Morgan fingerprint density at radius 1 is 1.22 bits per heavy atom. The van der Waals surface area contributed by atoms with Crippen molar-refractivity contribution in [2.75, 3.05) is 17.7 Å². The topological polar surface area (TPSA) is 112 Å². The van der Waals surface area contributed by atoms with Crippen molar-refractivity contribution in [1.82, 2.24) is 29.1 Å². The van der Waals surface area contributed by atoms with E-state index in [1.165, 1.54) is 11.4 Å². The minimum Gasteiger partial charge on any atom is -0.495 e. The highest BCUT2D eigenvalue weighted by molar-refractivity contribution is 14.2. The van der Waals surface area contributed by atoms with E-state index in [4.69, 9.17) is 4.74 Å². The number of benzene rings is 1. The molecule has 2 N–H and O–H groups in total. The number of carbonyl (C=O) groups is 1. The van der Waals surface area contributed by atoms with Gasteiger partial charge in [0.05, 0.1) is 24.9 Å². The predicted molar refractivity (Wildman–Crippen MR) is 143 cm³/mol. The number of nitrogens with zero attached hydrogens (tertiary/aromatic N) is 6. The molecule has 36 heavy (non-hydrogen) atoms. The fourth-order valence-corrected chi connectivity index (χ4v) is 5.77. The maximum atomic E-state index is 13.8. The van der Waals surface area contributed by atoms with Crippen molar-refractivity contribution < 1.29 is 18.3 Å². The second kappa shape index (κ2) is 9.85. The average Bonchev–Trinajstić information content (AvgIpc) is 3.55. The lowest BCUT2D eigenvalue weighted by Crippen LogP contribution is -2.14. The molecule has 0 saturated heterocycles. The fraction of sp³-hybridized carbons (Fsp3) is 0.318. The number of alkyl halides is 2. The molecule has 10 nitrogen and oxygen atoms in total. The van der Waals surface area contributed by atoms with Crippen LogP contribution < -0.4 is 15.4 Å². The molecule has 3 aromatic heterocycles. The lowest BCUT2D eigenvalue weighted by molar-refractivity contribution is -0.117. The summed E-state index contributed by atoms with van der Waals surface area (Å²) in [4.78, 5) is 25.5. The van der Waals surface area contributed by atoms with Gasteiger partial charge in [0, 0.05) is 24.6 Å². The molecule has 5 rings (SSSR count). The zero-order chi connectivity index (χ0) is 25.6. The number of ether oxygens (including phenoxy) is 1. The van der Waals surface area contributed by atoms with Crippen LogP contribution in [-0.2, 0) is 11.8 Å². The van der Waals surface area contributed by atoms with E-state index in [1.807, 2.05) is 48.1 Å². The number of imidazole rings is 1. The second-order valence-corrected chi connectivity index (χ2v) is 10.4. The van der Waals surface area contributed by atoms with Crippen LogP contribution in [0.25, 0.3) is 22.6 Å². The number of pyridine rings is 1. The van der Waals surface area contributed by atoms with Crippen LogP contribution in [0.2, 0.25) is 0 Å². The summed E-state index contributed by atoms with van der Waals surface area (Å²) in [6, 6.07) is 7.08. The highest BCUT2D eigenvalue weighted by atomic mass is 127. The van der Waals surface area contributed by atoms with Crippen LogP contribution in [0.5, 0.6) is 5.75 Å². The van der Waals surface area contributed by atoms with Gasteiger partial charge in [-0.25, -0.2) is 28.4 Å². The number of hydrogen-bond acceptors (Lipinski definition) is 7. The number of halogens is 3. The van der Waals surface area contributed by atoms with E-state index >= 15 is 0 Å². The second-order valence-electron chi connectivity index (χ2n) is 8.33. The van der Waals surface area contributed by atoms with Crippen LogP contribution in [0, 0.1) is 12.8 Å². The quantitative estimate of drug-likeness (QED) is 0.200. The Kier molecular flexibility index (Phi) is 6.77. The van der Waals surface area contributed by atoms with Gasteiger partial charge in [-0.15, -0.1) is 0 Å². The van der Waals surface area contributed by atoms with E-state index in [2.05, 4.69) is 30.7 Å². The summed E-state index contributed by atoms with van der Waals surface area (Å²) in [5.74, 6) is 1.55. The van der Waals surface area contributed by atoms with Crippen LogP contribution in [0.4, 0.5) is 26.0 Å². The van der Waals surface area contributed by atoms with Gasteiger partial charge in [0.15, 0.2) is 17.3 Å². The van der Waals surface area contributed by atoms with Crippen molar-refractivity contribution in [3.05, 3.63) is 35.9 Å². The summed E-state index contributed by atoms with van der Waals surface area (Å²) < 4.78 is 36.2. The first-order valence-electron chi connectivity index (χ1n) is 11.0. The molecule has 0 aliphatic heterocycles. The molecule has 0 radical (unpaired) electrons. The standard InChI is InChI=1S/C22H22F2IN8O2P/c1-10-26-19(32(2)31-10)12-6-7-13(15(8-12)35-3)27-14-9-16(29-22(34)11-4-5-11)28-20-17(14)30-21(18(23)24)33(20)36-25/h6-9,11,18,36H,4-5H2,1-3H3,(H2,27,28,29,34). The van der Waals surface area contributed by atoms with Gasteiger partial charge in [-0.1, -0.05) is 0 Å². The first-order valence-corrected chi connectivity index (χ1v) is 15.1. The summed E-state index contributed by atoms with van der Waals surface area (Å²) >= 11 is 2.01. The maximum absolute atomic E-state index is 13.8. The maximum Gasteiger partial charge on any atom is 0.295 e. The SMILES string of the molecule is COc1cc(-c2nc(C)nn2C)ccc1Nc1cc(NC(=O)C2CC2)nc2c1nc(C(F)F)n2PI. The third-order valence-electron chi connectivity index (χ3n) is 5.72. The summed E-state index contributed by atoms with van der Waals surface area (Å²) in [5, 5.41) is 10.3. The van der Waals surface area contributed by atoms with Gasteiger partial charge in [0.2, 0.25) is 5.91 Å². The van der Waals surface area contributed by atoms with Gasteiger partial charge in [0.1, 0.15) is 22.9 Å². The van der Waals surface area contributed by atoms with Gasteiger partial charge in [-0.3, -0.25) is 9.13 Å². The van der Waals surface area contributed by atoms with Crippen LogP contribution >= 0.6 is 28.4 Å². The van der Waals surface area contributed by atoms with Crippen molar-refractivity contribution in [1.29, 1.82) is 0 Å². The van der Waals surface area contributed by atoms with Gasteiger partial charge in [-0.2, -0.15) is 5.10 Å². The number of fused-ring (bicyclic) bond motifs is 1. The molecule has 1 amide bonds. The Morgan fingerprint density at radius 3 is 2.61 bits per heavy atom. The molecule has 0 bridgehead atoms. The Hall–Kier alpha value is -2.93. The van der Waals surface area contributed by atoms with Gasteiger partial charge < -0.3 is 15.4 Å². The Labute approximate surface area is 219 Å². The number of aromatic nitrogens is 6. The normalized spacial score (nSPS) is 13.8. The number of hydrogen-bond donors (Lipinski definition) is 2. The summed E-state index contributed by atoms with van der Waals surface area (Å²) in [5.41, 5.74) is 2.33. The monoisotopic (exact) mass is 626 g/mol. The molecule has 1 unspecified atom stereocenters. The first kappa shape index (κ1) is 24.8. The lowest BCUT2D eigenvalue weighted by atomic mass is 10.1. The lowest BCUT2D eigenvalue weighted by Gasteiger charge is -2.14. The predicted octanol–water partition coefficient (Wildman–Crippen LogP) is 5.37. The highest BCUT2D eigenvalue weighted by Gasteiger charge is 2.30. The van der Waals surface area contributed by atoms with E-state index in [0.717, 1.165) is 18.4 Å². The van der Waals surface area contributed by atoms with Crippen molar-refractivity contribution in [3.8, 4) is 17.1 Å². The third kappa shape index (κ3) is 4.73. The molecule has 1 fully saturated rings. The van der Waals surface area contributed by atoms with Crippen molar-refractivity contribution in [2.24, 2.45) is 13.0 Å². The van der Waals surface area contributed by atoms with Gasteiger partial charge >= 0.3 is 0 Å². The highest BCUT2D eigenvalue weighted by Crippen LogP contribution is 2.40. The van der Waals surface area contributed by atoms with Crippen LogP contribution in [-0.4, -0.2) is 42.1 Å². The zero-order valence-corrected chi connectivity index (χ0v) is 22.7. The van der Waals surface area contributed by atoms with E-state index in [1.54, 1.807) is 16.8 Å². The molecule has 4 aromatic rings. The molecule has 1 aliphatic carbocycles. The Morgan fingerprint density at radius 2 is 2.00 bits per heavy atom. The smallest absolute Gasteiger partial charge is 0.295 e. The number of amides is 1. The minimum absolute atomic E-state index is 0.0382. The van der Waals surface area contributed by atoms with E-state index in [-0.39, 0.29) is 41.0 Å². The van der Waals surface area contributed by atoms with Crippen LogP contribution in [0.3, 0.4) is 0 Å². The fourth-order valence-electron chi connectivity index (χ4n) is 3.87. The van der Waals surface area contributed by atoms with Crippen LogP contribution in [0.1, 0.15) is 30.9 Å². The number of rotatable bonds is 8. The third-order valence-corrected chi connectivity index (χ3v) is 7.78. The minimum atomic E-state index is -2.78. The first-order chi connectivity index (χ1) is 17.3. The summed E-state index contributed by atoms with van der Waals surface area (Å²) in [7, 11) is 3.35. The van der Waals surface area contributed by atoms with Crippen molar-refractivity contribution in [3.63, 3.8) is 0 Å². The average molecular weight is 626 g/mol. The molecular weight excluding hydrogens is 604 g/mol. The molecule has 1 saturated carbocycles. The summed E-state index contributed by atoms with van der Waals surface area (Å²) in [6.07, 6.45) is -1.17. The molecule has 1 atom stereocenters. The number of nitrogens with one attached hydrogen (secondary N) is 2. The molecule has 1 aliphatic rings. The molecule has 3 heterocycles. The Balaban J connectivity index is 1.59. The number of aryl methyl sites for hydroxylation is 2. The Bertz CT molecular complexity index is 1470.